The highest BCUT2D eigenvalue weighted by Crippen LogP contribution is 2.29. The van der Waals surface area contributed by atoms with E-state index in [1.54, 1.807) is 0 Å². The molecule has 0 aliphatic heterocycles. The SMILES string of the molecule is CCCOc1ccc(-c2csc(SCC(=O)O)n2)cc1. The van der Waals surface area contributed by atoms with Gasteiger partial charge in [0.25, 0.3) is 0 Å². The second kappa shape index (κ2) is 7.31. The summed E-state index contributed by atoms with van der Waals surface area (Å²) in [5.41, 5.74) is 1.87. The second-order valence-corrected chi connectivity index (χ2v) is 6.13. The Morgan fingerprint density at radius 2 is 2.15 bits per heavy atom. The van der Waals surface area contributed by atoms with E-state index in [1.807, 2.05) is 29.6 Å². The molecule has 1 aromatic carbocycles. The van der Waals surface area contributed by atoms with Gasteiger partial charge in [-0.1, -0.05) is 18.7 Å². The van der Waals surface area contributed by atoms with Crippen LogP contribution in [0.15, 0.2) is 34.0 Å². The number of carbonyl (C=O) groups is 1. The van der Waals surface area contributed by atoms with Gasteiger partial charge in [0, 0.05) is 10.9 Å². The van der Waals surface area contributed by atoms with Gasteiger partial charge in [0.2, 0.25) is 0 Å². The molecule has 0 amide bonds. The minimum absolute atomic E-state index is 0.0384. The van der Waals surface area contributed by atoms with Crippen LogP contribution in [0.4, 0.5) is 0 Å². The van der Waals surface area contributed by atoms with Crippen LogP contribution in [0, 0.1) is 0 Å². The number of aromatic nitrogens is 1. The Balaban J connectivity index is 2.02. The molecule has 2 rings (SSSR count). The number of thiazole rings is 1. The normalized spacial score (nSPS) is 10.4. The van der Waals surface area contributed by atoms with Crippen molar-refractivity contribution < 1.29 is 14.6 Å². The maximum Gasteiger partial charge on any atom is 0.313 e. The summed E-state index contributed by atoms with van der Waals surface area (Å²) in [5, 5.41) is 10.6. The molecule has 0 saturated heterocycles. The number of benzene rings is 1. The van der Waals surface area contributed by atoms with Gasteiger partial charge in [0.05, 0.1) is 18.1 Å². The monoisotopic (exact) mass is 309 g/mol. The lowest BCUT2D eigenvalue weighted by Crippen LogP contribution is -1.97. The molecule has 2 aromatic rings. The van der Waals surface area contributed by atoms with Crippen molar-refractivity contribution in [1.29, 1.82) is 0 Å². The zero-order chi connectivity index (χ0) is 14.4. The maximum absolute atomic E-state index is 10.5. The van der Waals surface area contributed by atoms with E-state index in [1.165, 1.54) is 23.1 Å². The fourth-order valence-electron chi connectivity index (χ4n) is 1.52. The molecule has 4 nitrogen and oxygen atoms in total. The Labute approximate surface area is 125 Å². The van der Waals surface area contributed by atoms with Gasteiger partial charge in [-0.3, -0.25) is 4.79 Å². The van der Waals surface area contributed by atoms with Crippen molar-refractivity contribution in [2.75, 3.05) is 12.4 Å². The van der Waals surface area contributed by atoms with Crippen molar-refractivity contribution in [3.63, 3.8) is 0 Å². The zero-order valence-corrected chi connectivity index (χ0v) is 12.7. The third-order valence-electron chi connectivity index (χ3n) is 2.43. The minimum atomic E-state index is -0.829. The smallest absolute Gasteiger partial charge is 0.313 e. The first-order valence-electron chi connectivity index (χ1n) is 6.22. The van der Waals surface area contributed by atoms with E-state index in [-0.39, 0.29) is 5.75 Å². The van der Waals surface area contributed by atoms with Crippen LogP contribution < -0.4 is 4.74 Å². The van der Waals surface area contributed by atoms with Crippen LogP contribution >= 0.6 is 23.1 Å². The number of thioether (sulfide) groups is 1. The average molecular weight is 309 g/mol. The number of hydrogen-bond donors (Lipinski definition) is 1. The van der Waals surface area contributed by atoms with Gasteiger partial charge in [-0.15, -0.1) is 11.3 Å². The largest absolute Gasteiger partial charge is 0.494 e. The number of carboxylic acid groups (broad SMARTS) is 1. The first kappa shape index (κ1) is 14.9. The van der Waals surface area contributed by atoms with E-state index >= 15 is 0 Å². The topological polar surface area (TPSA) is 59.4 Å². The maximum atomic E-state index is 10.5. The van der Waals surface area contributed by atoms with Gasteiger partial charge in [0.1, 0.15) is 5.75 Å². The molecule has 1 heterocycles. The van der Waals surface area contributed by atoms with Crippen LogP contribution in [0.3, 0.4) is 0 Å². The van der Waals surface area contributed by atoms with Gasteiger partial charge < -0.3 is 9.84 Å². The first-order chi connectivity index (χ1) is 9.69. The second-order valence-electron chi connectivity index (χ2n) is 4.05. The predicted octanol–water partition coefficient (Wildman–Crippen LogP) is 3.78. The highest BCUT2D eigenvalue weighted by molar-refractivity contribution is 8.01. The van der Waals surface area contributed by atoms with Crippen molar-refractivity contribution in [2.45, 2.75) is 17.7 Å². The lowest BCUT2D eigenvalue weighted by atomic mass is 10.2. The highest BCUT2D eigenvalue weighted by Gasteiger charge is 2.07. The zero-order valence-electron chi connectivity index (χ0n) is 11.0. The number of ether oxygens (including phenoxy) is 1. The quantitative estimate of drug-likeness (QED) is 0.789. The van der Waals surface area contributed by atoms with Crippen LogP contribution in [0.2, 0.25) is 0 Å². The van der Waals surface area contributed by atoms with E-state index in [0.717, 1.165) is 27.8 Å². The molecule has 20 heavy (non-hydrogen) atoms. The summed E-state index contributed by atoms with van der Waals surface area (Å²) in [6, 6.07) is 7.78. The van der Waals surface area contributed by atoms with Crippen molar-refractivity contribution in [2.24, 2.45) is 0 Å². The minimum Gasteiger partial charge on any atom is -0.494 e. The van der Waals surface area contributed by atoms with Crippen LogP contribution in [0.25, 0.3) is 11.3 Å². The third-order valence-corrected chi connectivity index (χ3v) is 4.43. The molecule has 6 heteroatoms. The Morgan fingerprint density at radius 1 is 1.40 bits per heavy atom. The molecule has 0 aliphatic rings. The van der Waals surface area contributed by atoms with Gasteiger partial charge in [0.15, 0.2) is 4.34 Å². The van der Waals surface area contributed by atoms with E-state index in [0.29, 0.717) is 6.61 Å². The number of aliphatic carboxylic acids is 1. The van der Waals surface area contributed by atoms with E-state index in [9.17, 15) is 4.79 Å². The molecule has 1 N–H and O–H groups in total. The molecular weight excluding hydrogens is 294 g/mol. The molecule has 1 aromatic heterocycles. The van der Waals surface area contributed by atoms with Crippen molar-refractivity contribution in [3.8, 4) is 17.0 Å². The number of hydrogen-bond acceptors (Lipinski definition) is 5. The molecule has 0 unspecified atom stereocenters. The van der Waals surface area contributed by atoms with E-state index < -0.39 is 5.97 Å². The summed E-state index contributed by atoms with van der Waals surface area (Å²) in [7, 11) is 0. The Hall–Kier alpha value is -1.53. The average Bonchev–Trinajstić information content (AvgIpc) is 2.92. The van der Waals surface area contributed by atoms with Gasteiger partial charge in [-0.2, -0.15) is 0 Å². The van der Waals surface area contributed by atoms with E-state index in [4.69, 9.17) is 9.84 Å². The Morgan fingerprint density at radius 3 is 2.80 bits per heavy atom. The Bertz CT molecular complexity index is 566. The Kier molecular flexibility index (Phi) is 5.43. The summed E-state index contributed by atoms with van der Waals surface area (Å²) >= 11 is 2.70. The van der Waals surface area contributed by atoms with Gasteiger partial charge in [-0.25, -0.2) is 4.98 Å². The summed E-state index contributed by atoms with van der Waals surface area (Å²) in [6.45, 7) is 2.78. The van der Waals surface area contributed by atoms with Gasteiger partial charge in [-0.05, 0) is 30.7 Å². The first-order valence-corrected chi connectivity index (χ1v) is 8.09. The van der Waals surface area contributed by atoms with Crippen LogP contribution in [0.5, 0.6) is 5.75 Å². The lowest BCUT2D eigenvalue weighted by Gasteiger charge is -2.04. The number of nitrogens with zero attached hydrogens (tertiary/aromatic N) is 1. The number of rotatable bonds is 7. The molecule has 0 fully saturated rings. The standard InChI is InChI=1S/C14H15NO3S2/c1-2-7-18-11-5-3-10(4-6-11)12-8-19-14(15-12)20-9-13(16)17/h3-6,8H,2,7,9H2,1H3,(H,16,17). The highest BCUT2D eigenvalue weighted by atomic mass is 32.2. The molecule has 0 bridgehead atoms. The predicted molar refractivity (Wildman–Crippen MR) is 81.7 cm³/mol. The molecule has 0 spiro atoms. The van der Waals surface area contributed by atoms with Crippen LogP contribution in [-0.4, -0.2) is 28.4 Å². The molecule has 0 atom stereocenters. The molecule has 0 aliphatic carbocycles. The number of carboxylic acids is 1. The van der Waals surface area contributed by atoms with Crippen molar-refractivity contribution in [3.05, 3.63) is 29.6 Å². The van der Waals surface area contributed by atoms with E-state index in [2.05, 4.69) is 11.9 Å². The summed E-state index contributed by atoms with van der Waals surface area (Å²) in [4.78, 5) is 14.9. The fourth-order valence-corrected chi connectivity index (χ4v) is 3.08. The molecular formula is C14H15NO3S2. The summed E-state index contributed by atoms with van der Waals surface area (Å²) in [6.07, 6.45) is 0.984. The third kappa shape index (κ3) is 4.25. The summed E-state index contributed by atoms with van der Waals surface area (Å²) < 4.78 is 6.30. The molecule has 106 valence electrons. The fraction of sp³-hybridized carbons (Fsp3) is 0.286. The lowest BCUT2D eigenvalue weighted by molar-refractivity contribution is -0.133. The van der Waals surface area contributed by atoms with Crippen molar-refractivity contribution in [1.82, 2.24) is 4.98 Å². The van der Waals surface area contributed by atoms with Gasteiger partial charge >= 0.3 is 5.97 Å². The molecule has 0 saturated carbocycles. The molecule has 0 radical (unpaired) electrons. The van der Waals surface area contributed by atoms with Crippen LogP contribution in [0.1, 0.15) is 13.3 Å². The van der Waals surface area contributed by atoms with Crippen molar-refractivity contribution >= 4 is 29.1 Å². The summed E-state index contributed by atoms with van der Waals surface area (Å²) in [5.74, 6) is 0.0620. The van der Waals surface area contributed by atoms with Crippen LogP contribution in [-0.2, 0) is 4.79 Å².